The van der Waals surface area contributed by atoms with Crippen molar-refractivity contribution < 1.29 is 24.2 Å². The van der Waals surface area contributed by atoms with Crippen molar-refractivity contribution in [2.75, 3.05) is 18.5 Å². The number of hydrogen-bond acceptors (Lipinski definition) is 4. The summed E-state index contributed by atoms with van der Waals surface area (Å²) in [5, 5.41) is 12.0. The minimum absolute atomic E-state index is 0.306. The molecule has 6 heteroatoms. The molecule has 2 aliphatic rings. The topological polar surface area (TPSA) is 84.9 Å². The number of amides is 1. The fraction of sp³-hybridized carbons (Fsp3) is 0.375. The van der Waals surface area contributed by atoms with Gasteiger partial charge in [-0.25, -0.2) is 0 Å². The SMILES string of the molecule is O=C(Nc1cccc2c1OCCO2)[C@H]1CC=CC[C@H]1C(=O)O. The summed E-state index contributed by atoms with van der Waals surface area (Å²) in [7, 11) is 0. The van der Waals surface area contributed by atoms with Crippen molar-refractivity contribution in [1.82, 2.24) is 0 Å². The molecule has 0 spiro atoms. The average Bonchev–Trinajstić information content (AvgIpc) is 2.55. The molecule has 0 bridgehead atoms. The first kappa shape index (κ1) is 14.4. The lowest BCUT2D eigenvalue weighted by Crippen LogP contribution is -2.35. The second kappa shape index (κ2) is 6.09. The molecular weight excluding hydrogens is 286 g/mol. The van der Waals surface area contributed by atoms with Gasteiger partial charge in [-0.05, 0) is 25.0 Å². The highest BCUT2D eigenvalue weighted by atomic mass is 16.6. The molecule has 116 valence electrons. The number of benzene rings is 1. The number of nitrogens with one attached hydrogen (secondary N) is 1. The molecule has 0 saturated heterocycles. The molecule has 1 aromatic rings. The van der Waals surface area contributed by atoms with E-state index in [2.05, 4.69) is 5.32 Å². The smallest absolute Gasteiger partial charge is 0.307 e. The minimum atomic E-state index is -0.945. The lowest BCUT2D eigenvalue weighted by molar-refractivity contribution is -0.146. The summed E-state index contributed by atoms with van der Waals surface area (Å²) in [6, 6.07) is 5.26. The number of carbonyl (C=O) groups is 2. The number of hydrogen-bond donors (Lipinski definition) is 2. The number of fused-ring (bicyclic) bond motifs is 1. The Balaban J connectivity index is 1.79. The van der Waals surface area contributed by atoms with Gasteiger partial charge in [0.1, 0.15) is 13.2 Å². The van der Waals surface area contributed by atoms with Crippen LogP contribution in [0.3, 0.4) is 0 Å². The number of rotatable bonds is 3. The molecular formula is C16H17NO5. The molecule has 2 atom stereocenters. The second-order valence-electron chi connectivity index (χ2n) is 5.31. The molecule has 0 saturated carbocycles. The largest absolute Gasteiger partial charge is 0.486 e. The van der Waals surface area contributed by atoms with Crippen LogP contribution in [0.25, 0.3) is 0 Å². The third-order valence-electron chi connectivity index (χ3n) is 3.91. The van der Waals surface area contributed by atoms with Crippen molar-refractivity contribution in [3.63, 3.8) is 0 Å². The molecule has 1 aliphatic heterocycles. The van der Waals surface area contributed by atoms with E-state index in [1.807, 2.05) is 12.2 Å². The Kier molecular flexibility index (Phi) is 4.00. The number of ether oxygens (including phenoxy) is 2. The fourth-order valence-electron chi connectivity index (χ4n) is 2.77. The van der Waals surface area contributed by atoms with Crippen molar-refractivity contribution in [3.8, 4) is 11.5 Å². The maximum atomic E-state index is 12.5. The van der Waals surface area contributed by atoms with E-state index < -0.39 is 17.8 Å². The summed E-state index contributed by atoms with van der Waals surface area (Å²) in [6.45, 7) is 0.892. The van der Waals surface area contributed by atoms with Crippen LogP contribution in [0, 0.1) is 11.8 Å². The van der Waals surface area contributed by atoms with E-state index in [4.69, 9.17) is 9.47 Å². The normalized spacial score (nSPS) is 22.9. The van der Waals surface area contributed by atoms with E-state index in [9.17, 15) is 14.7 Å². The number of para-hydroxylation sites is 1. The standard InChI is InChI=1S/C16H17NO5/c18-15(10-4-1-2-5-11(10)16(19)20)17-12-6-3-7-13-14(12)22-9-8-21-13/h1-3,6-7,10-11H,4-5,8-9H2,(H,17,18)(H,19,20)/t10-,11+/m0/s1. The van der Waals surface area contributed by atoms with Crippen LogP contribution in [-0.4, -0.2) is 30.2 Å². The number of carboxylic acid groups (broad SMARTS) is 1. The molecule has 0 unspecified atom stereocenters. The Labute approximate surface area is 127 Å². The number of anilines is 1. The summed E-state index contributed by atoms with van der Waals surface area (Å²) in [4.78, 5) is 23.8. The third kappa shape index (κ3) is 2.77. The van der Waals surface area contributed by atoms with E-state index >= 15 is 0 Å². The maximum absolute atomic E-state index is 12.5. The van der Waals surface area contributed by atoms with Crippen LogP contribution in [0.1, 0.15) is 12.8 Å². The zero-order valence-electron chi connectivity index (χ0n) is 12.0. The van der Waals surface area contributed by atoms with Crippen molar-refractivity contribution in [2.24, 2.45) is 11.8 Å². The first-order valence-corrected chi connectivity index (χ1v) is 7.24. The highest BCUT2D eigenvalue weighted by Crippen LogP contribution is 2.38. The molecule has 3 rings (SSSR count). The predicted molar refractivity (Wildman–Crippen MR) is 79.1 cm³/mol. The maximum Gasteiger partial charge on any atom is 0.307 e. The van der Waals surface area contributed by atoms with Crippen LogP contribution in [0.4, 0.5) is 5.69 Å². The molecule has 0 radical (unpaired) electrons. The highest BCUT2D eigenvalue weighted by Gasteiger charge is 2.34. The number of carboxylic acids is 1. The van der Waals surface area contributed by atoms with E-state index in [1.165, 1.54) is 0 Å². The predicted octanol–water partition coefficient (Wildman–Crippen LogP) is 2.06. The molecule has 1 aromatic carbocycles. The second-order valence-corrected chi connectivity index (χ2v) is 5.31. The fourth-order valence-corrected chi connectivity index (χ4v) is 2.77. The van der Waals surface area contributed by atoms with Crippen LogP contribution in [0.5, 0.6) is 11.5 Å². The van der Waals surface area contributed by atoms with Gasteiger partial charge in [0.05, 0.1) is 17.5 Å². The summed E-state index contributed by atoms with van der Waals surface area (Å²) in [5.41, 5.74) is 0.515. The van der Waals surface area contributed by atoms with Crippen molar-refractivity contribution in [2.45, 2.75) is 12.8 Å². The molecule has 0 aromatic heterocycles. The Morgan fingerprint density at radius 2 is 1.82 bits per heavy atom. The lowest BCUT2D eigenvalue weighted by Gasteiger charge is -2.26. The number of carbonyl (C=O) groups excluding carboxylic acids is 1. The molecule has 22 heavy (non-hydrogen) atoms. The van der Waals surface area contributed by atoms with E-state index in [1.54, 1.807) is 18.2 Å². The van der Waals surface area contributed by atoms with Gasteiger partial charge in [-0.15, -0.1) is 0 Å². The van der Waals surface area contributed by atoms with Crippen LogP contribution in [0.2, 0.25) is 0 Å². The van der Waals surface area contributed by atoms with Gasteiger partial charge in [0.25, 0.3) is 0 Å². The zero-order chi connectivity index (χ0) is 15.5. The van der Waals surface area contributed by atoms with Gasteiger partial charge in [0.2, 0.25) is 5.91 Å². The summed E-state index contributed by atoms with van der Waals surface area (Å²) in [5.74, 6) is -1.44. The van der Waals surface area contributed by atoms with Gasteiger partial charge >= 0.3 is 5.97 Å². The third-order valence-corrected chi connectivity index (χ3v) is 3.91. The van der Waals surface area contributed by atoms with Crippen molar-refractivity contribution in [1.29, 1.82) is 0 Å². The first-order valence-electron chi connectivity index (χ1n) is 7.24. The Morgan fingerprint density at radius 3 is 2.59 bits per heavy atom. The summed E-state index contributed by atoms with van der Waals surface area (Å²) < 4.78 is 11.0. The zero-order valence-corrected chi connectivity index (χ0v) is 12.0. The van der Waals surface area contributed by atoms with E-state index in [0.717, 1.165) is 0 Å². The number of aliphatic carboxylic acids is 1. The van der Waals surface area contributed by atoms with Crippen LogP contribution < -0.4 is 14.8 Å². The van der Waals surface area contributed by atoms with E-state index in [0.29, 0.717) is 43.2 Å². The van der Waals surface area contributed by atoms with Crippen LogP contribution in [0.15, 0.2) is 30.4 Å². The van der Waals surface area contributed by atoms with Crippen LogP contribution in [-0.2, 0) is 9.59 Å². The van der Waals surface area contributed by atoms with E-state index in [-0.39, 0.29) is 5.91 Å². The lowest BCUT2D eigenvalue weighted by atomic mass is 9.82. The minimum Gasteiger partial charge on any atom is -0.486 e. The van der Waals surface area contributed by atoms with Crippen molar-refractivity contribution >= 4 is 17.6 Å². The molecule has 0 fully saturated rings. The van der Waals surface area contributed by atoms with Gasteiger partial charge in [-0.2, -0.15) is 0 Å². The number of allylic oxidation sites excluding steroid dienone is 2. The monoisotopic (exact) mass is 303 g/mol. The molecule has 1 amide bonds. The first-order chi connectivity index (χ1) is 10.7. The van der Waals surface area contributed by atoms with Gasteiger partial charge < -0.3 is 19.9 Å². The summed E-state index contributed by atoms with van der Waals surface area (Å²) >= 11 is 0. The molecule has 1 aliphatic carbocycles. The Hall–Kier alpha value is -2.50. The quantitative estimate of drug-likeness (QED) is 0.835. The van der Waals surface area contributed by atoms with Gasteiger partial charge in [-0.3, -0.25) is 9.59 Å². The van der Waals surface area contributed by atoms with Crippen LogP contribution >= 0.6 is 0 Å². The Morgan fingerprint density at radius 1 is 1.09 bits per heavy atom. The van der Waals surface area contributed by atoms with Gasteiger partial charge in [0, 0.05) is 0 Å². The van der Waals surface area contributed by atoms with Gasteiger partial charge in [0.15, 0.2) is 11.5 Å². The highest BCUT2D eigenvalue weighted by molar-refractivity contribution is 5.97. The summed E-state index contributed by atoms with van der Waals surface area (Å²) in [6.07, 6.45) is 4.46. The molecule has 2 N–H and O–H groups in total. The average molecular weight is 303 g/mol. The van der Waals surface area contributed by atoms with Gasteiger partial charge in [-0.1, -0.05) is 18.2 Å². The van der Waals surface area contributed by atoms with Crippen molar-refractivity contribution in [3.05, 3.63) is 30.4 Å². The Bertz CT molecular complexity index is 625. The molecule has 6 nitrogen and oxygen atoms in total. The molecule has 1 heterocycles.